The van der Waals surface area contributed by atoms with Crippen LogP contribution in [0, 0.1) is 5.41 Å². The summed E-state index contributed by atoms with van der Waals surface area (Å²) in [7, 11) is 0. The minimum atomic E-state index is -0.193. The standard InChI is InChI=1S/C5H11NO/c1-5(2,3)7-4-6/h4,6H,1-3H3. The molecule has 2 nitrogen and oxygen atoms in total. The Hall–Kier alpha value is -0.530. The van der Waals surface area contributed by atoms with Crippen molar-refractivity contribution in [3.8, 4) is 0 Å². The van der Waals surface area contributed by atoms with Crippen LogP contribution < -0.4 is 0 Å². The Bertz CT molecular complexity index is 63.0. The summed E-state index contributed by atoms with van der Waals surface area (Å²) in [5.41, 5.74) is -0.193. The van der Waals surface area contributed by atoms with Gasteiger partial charge in [-0.3, -0.25) is 5.41 Å². The van der Waals surface area contributed by atoms with Gasteiger partial charge in [-0.2, -0.15) is 0 Å². The highest BCUT2D eigenvalue weighted by molar-refractivity contribution is 5.41. The van der Waals surface area contributed by atoms with Gasteiger partial charge in [-0.25, -0.2) is 0 Å². The van der Waals surface area contributed by atoms with Crippen molar-refractivity contribution in [3.63, 3.8) is 0 Å². The Balaban J connectivity index is 3.34. The molecule has 0 unspecified atom stereocenters. The van der Waals surface area contributed by atoms with Crippen LogP contribution in [0.5, 0.6) is 0 Å². The number of hydrogen-bond donors (Lipinski definition) is 1. The third kappa shape index (κ3) is 5.47. The van der Waals surface area contributed by atoms with E-state index in [0.717, 1.165) is 6.40 Å². The van der Waals surface area contributed by atoms with Crippen LogP contribution in [0.4, 0.5) is 0 Å². The van der Waals surface area contributed by atoms with Gasteiger partial charge >= 0.3 is 0 Å². The van der Waals surface area contributed by atoms with Gasteiger partial charge in [0, 0.05) is 0 Å². The van der Waals surface area contributed by atoms with Crippen LogP contribution in [0.2, 0.25) is 0 Å². The zero-order valence-electron chi connectivity index (χ0n) is 4.99. The van der Waals surface area contributed by atoms with E-state index in [1.54, 1.807) is 0 Å². The summed E-state index contributed by atoms with van der Waals surface area (Å²) in [6.45, 7) is 5.70. The molecule has 0 aromatic rings. The first-order chi connectivity index (χ1) is 3.06. The van der Waals surface area contributed by atoms with Crippen LogP contribution in [0.1, 0.15) is 20.8 Å². The lowest BCUT2D eigenvalue weighted by Gasteiger charge is -2.15. The second kappa shape index (κ2) is 1.96. The van der Waals surface area contributed by atoms with Crippen molar-refractivity contribution in [2.75, 3.05) is 0 Å². The Morgan fingerprint density at radius 1 is 1.43 bits per heavy atom. The molecule has 0 saturated carbocycles. The Kier molecular flexibility index (Phi) is 1.81. The van der Waals surface area contributed by atoms with Crippen molar-refractivity contribution >= 4 is 6.40 Å². The van der Waals surface area contributed by atoms with E-state index in [2.05, 4.69) is 0 Å². The number of rotatable bonds is 1. The van der Waals surface area contributed by atoms with Gasteiger partial charge in [0.15, 0.2) is 6.40 Å². The van der Waals surface area contributed by atoms with Crippen molar-refractivity contribution in [2.24, 2.45) is 0 Å². The second-order valence-corrected chi connectivity index (χ2v) is 2.35. The van der Waals surface area contributed by atoms with Crippen LogP contribution in [-0.2, 0) is 4.74 Å². The van der Waals surface area contributed by atoms with Gasteiger partial charge < -0.3 is 4.74 Å². The van der Waals surface area contributed by atoms with Crippen LogP contribution in [0.25, 0.3) is 0 Å². The molecule has 0 rings (SSSR count). The lowest BCUT2D eigenvalue weighted by Crippen LogP contribution is -2.17. The fourth-order valence-corrected chi connectivity index (χ4v) is 0.177. The molecule has 0 bridgehead atoms. The molecular formula is C5H11NO. The molecule has 42 valence electrons. The minimum Gasteiger partial charge on any atom is -0.478 e. The van der Waals surface area contributed by atoms with E-state index in [4.69, 9.17) is 10.1 Å². The van der Waals surface area contributed by atoms with Crippen LogP contribution in [0.15, 0.2) is 0 Å². The molecule has 2 heteroatoms. The third-order valence-electron chi connectivity index (χ3n) is 0.412. The Morgan fingerprint density at radius 2 is 1.86 bits per heavy atom. The Labute approximate surface area is 44.0 Å². The number of hydrogen-bond acceptors (Lipinski definition) is 2. The molecule has 0 aliphatic carbocycles. The maximum Gasteiger partial charge on any atom is 0.167 e. The molecule has 0 spiro atoms. The highest BCUT2D eigenvalue weighted by Crippen LogP contribution is 2.02. The van der Waals surface area contributed by atoms with Gasteiger partial charge in [0.1, 0.15) is 5.60 Å². The summed E-state index contributed by atoms with van der Waals surface area (Å²) in [6.07, 6.45) is 0.958. The van der Waals surface area contributed by atoms with Gasteiger partial charge in [-0.15, -0.1) is 0 Å². The average Bonchev–Trinajstić information content (AvgIpc) is 1.30. The molecule has 0 aliphatic heterocycles. The third-order valence-corrected chi connectivity index (χ3v) is 0.412. The highest BCUT2D eigenvalue weighted by atomic mass is 16.5. The fourth-order valence-electron chi connectivity index (χ4n) is 0.177. The van der Waals surface area contributed by atoms with Crippen molar-refractivity contribution in [1.29, 1.82) is 5.41 Å². The quantitative estimate of drug-likeness (QED) is 0.393. The summed E-state index contributed by atoms with van der Waals surface area (Å²) in [4.78, 5) is 0. The predicted molar refractivity (Wildman–Crippen MR) is 29.6 cm³/mol. The summed E-state index contributed by atoms with van der Waals surface area (Å²) in [5.74, 6) is 0. The minimum absolute atomic E-state index is 0.193. The van der Waals surface area contributed by atoms with E-state index >= 15 is 0 Å². The SMILES string of the molecule is CC(C)(C)OC=N. The Morgan fingerprint density at radius 3 is 1.86 bits per heavy atom. The summed E-state index contributed by atoms with van der Waals surface area (Å²) < 4.78 is 4.77. The van der Waals surface area contributed by atoms with E-state index in [1.807, 2.05) is 20.8 Å². The lowest BCUT2D eigenvalue weighted by molar-refractivity contribution is 0.125. The summed E-state index contributed by atoms with van der Waals surface area (Å²) >= 11 is 0. The summed E-state index contributed by atoms with van der Waals surface area (Å²) in [6, 6.07) is 0. The first kappa shape index (κ1) is 6.47. The monoisotopic (exact) mass is 101 g/mol. The van der Waals surface area contributed by atoms with Gasteiger partial charge in [0.25, 0.3) is 0 Å². The maximum atomic E-state index is 6.51. The second-order valence-electron chi connectivity index (χ2n) is 2.35. The topological polar surface area (TPSA) is 33.1 Å². The van der Waals surface area contributed by atoms with E-state index in [9.17, 15) is 0 Å². The van der Waals surface area contributed by atoms with Crippen molar-refractivity contribution < 1.29 is 4.74 Å². The molecule has 0 atom stereocenters. The number of ether oxygens (including phenoxy) is 1. The van der Waals surface area contributed by atoms with E-state index in [-0.39, 0.29) is 5.60 Å². The lowest BCUT2D eigenvalue weighted by atomic mass is 10.2. The fraction of sp³-hybridized carbons (Fsp3) is 0.800. The van der Waals surface area contributed by atoms with E-state index in [1.165, 1.54) is 0 Å². The predicted octanol–water partition coefficient (Wildman–Crippen LogP) is 1.41. The van der Waals surface area contributed by atoms with Crippen LogP contribution in [0.3, 0.4) is 0 Å². The molecule has 0 aromatic carbocycles. The smallest absolute Gasteiger partial charge is 0.167 e. The molecule has 0 fully saturated rings. The first-order valence-corrected chi connectivity index (χ1v) is 2.23. The van der Waals surface area contributed by atoms with Gasteiger partial charge in [0.05, 0.1) is 0 Å². The molecular weight excluding hydrogens is 90.1 g/mol. The normalized spacial score (nSPS) is 10.7. The molecule has 0 aromatic heterocycles. The van der Waals surface area contributed by atoms with Gasteiger partial charge in [-0.05, 0) is 20.8 Å². The van der Waals surface area contributed by atoms with Gasteiger partial charge in [0.2, 0.25) is 0 Å². The van der Waals surface area contributed by atoms with E-state index < -0.39 is 0 Å². The van der Waals surface area contributed by atoms with Crippen LogP contribution >= 0.6 is 0 Å². The molecule has 0 radical (unpaired) electrons. The molecule has 7 heavy (non-hydrogen) atoms. The van der Waals surface area contributed by atoms with Crippen molar-refractivity contribution in [2.45, 2.75) is 26.4 Å². The molecule has 0 heterocycles. The average molecular weight is 101 g/mol. The largest absolute Gasteiger partial charge is 0.478 e. The molecule has 1 N–H and O–H groups in total. The van der Waals surface area contributed by atoms with Crippen molar-refractivity contribution in [1.82, 2.24) is 0 Å². The zero-order valence-corrected chi connectivity index (χ0v) is 4.99. The zero-order chi connectivity index (χ0) is 5.91. The summed E-state index contributed by atoms with van der Waals surface area (Å²) in [5, 5.41) is 6.51. The highest BCUT2D eigenvalue weighted by Gasteiger charge is 2.06. The van der Waals surface area contributed by atoms with Crippen LogP contribution in [-0.4, -0.2) is 12.0 Å². The molecule has 0 aliphatic rings. The van der Waals surface area contributed by atoms with Gasteiger partial charge in [-0.1, -0.05) is 0 Å². The molecule has 0 amide bonds. The van der Waals surface area contributed by atoms with E-state index in [0.29, 0.717) is 0 Å². The first-order valence-electron chi connectivity index (χ1n) is 2.23. The molecule has 0 saturated heterocycles. The number of nitrogens with one attached hydrogen (secondary N) is 1. The van der Waals surface area contributed by atoms with Crippen molar-refractivity contribution in [3.05, 3.63) is 0 Å². The maximum absolute atomic E-state index is 6.51.